The summed E-state index contributed by atoms with van der Waals surface area (Å²) in [6.07, 6.45) is 7.72. The summed E-state index contributed by atoms with van der Waals surface area (Å²) < 4.78 is 25.0. The van der Waals surface area contributed by atoms with Gasteiger partial charge < -0.3 is 27.9 Å². The van der Waals surface area contributed by atoms with Gasteiger partial charge in [-0.1, -0.05) is 72.8 Å². The standard InChI is InChI=1S/C10H9NO3.C9H10N2.C9H9N.C9H10O.C8H7NO.2C8H7NS/c1-6-3-7(10(12)13-2)4-8-9(6)14-5-11-8;1-7-3-4-8-9(5-7)11(2)6-10-8;1-7-3-2-4-9-8(7)5-6-10-9;1-7-3-2-4-8-5-6-10-9(7)8;1-6-3-2-4-7-8(6)10-5-9-7;1-6-3-2-4-7-8(6)9-5-10-7;1-6-3-2-4-7-8(6)10-5-9-7/h3-5H,1-2H3;3-6H,1-2H3;2-6,10H,1H3;2-4H,5-6H2,1H3;3*2-5H,1H3. The maximum absolute atomic E-state index is 11.3. The number of nitrogens with one attached hydrogen (secondary N) is 1. The number of imidazole rings is 1. The Morgan fingerprint density at radius 2 is 1.29 bits per heavy atom. The molecule has 1 N–H and O–H groups in total. The molecule has 0 unspecified atom stereocenters. The molecule has 12 nitrogen and oxygen atoms in total. The number of hydrogen-bond acceptors (Lipinski definition) is 12. The zero-order valence-electron chi connectivity index (χ0n) is 43.5. The van der Waals surface area contributed by atoms with Crippen molar-refractivity contribution in [2.24, 2.45) is 7.05 Å². The van der Waals surface area contributed by atoms with Crippen molar-refractivity contribution in [3.63, 3.8) is 0 Å². The Labute approximate surface area is 443 Å². The molecule has 0 aliphatic carbocycles. The summed E-state index contributed by atoms with van der Waals surface area (Å²) >= 11 is 3.39. The highest BCUT2D eigenvalue weighted by Gasteiger charge is 2.13. The first-order valence-corrected chi connectivity index (χ1v) is 26.0. The summed E-state index contributed by atoms with van der Waals surface area (Å²) in [6.45, 7) is 15.2. The molecule has 0 atom stereocenters. The summed E-state index contributed by atoms with van der Waals surface area (Å²) in [6, 6.07) is 42.7. The van der Waals surface area contributed by atoms with Gasteiger partial charge in [0.25, 0.3) is 0 Å². The highest BCUT2D eigenvalue weighted by molar-refractivity contribution is 7.17. The number of esters is 1. The van der Waals surface area contributed by atoms with E-state index in [2.05, 4.69) is 148 Å². The van der Waals surface area contributed by atoms with Gasteiger partial charge in [0.15, 0.2) is 24.0 Å². The van der Waals surface area contributed by atoms with E-state index in [9.17, 15) is 4.79 Å². The Hall–Kier alpha value is -8.46. The largest absolute Gasteiger partial charge is 0.493 e. The van der Waals surface area contributed by atoms with E-state index in [-0.39, 0.29) is 5.97 Å². The van der Waals surface area contributed by atoms with Crippen LogP contribution < -0.4 is 4.74 Å². The Balaban J connectivity index is 0.000000117. The van der Waals surface area contributed by atoms with Gasteiger partial charge >= 0.3 is 5.97 Å². The lowest BCUT2D eigenvalue weighted by molar-refractivity contribution is 0.0600. The highest BCUT2D eigenvalue weighted by Crippen LogP contribution is 2.28. The predicted molar refractivity (Wildman–Crippen MR) is 306 cm³/mol. The van der Waals surface area contributed by atoms with E-state index in [1.54, 1.807) is 34.8 Å². The van der Waals surface area contributed by atoms with Crippen LogP contribution in [0.1, 0.15) is 54.9 Å². The molecule has 6 aromatic heterocycles. The molecule has 1 aliphatic rings. The maximum atomic E-state index is 11.3. The second-order valence-corrected chi connectivity index (χ2v) is 19.6. The van der Waals surface area contributed by atoms with Crippen LogP contribution >= 0.6 is 22.7 Å². The third-order valence-electron chi connectivity index (χ3n) is 12.3. The van der Waals surface area contributed by atoms with Gasteiger partial charge in [-0.3, -0.25) is 0 Å². The van der Waals surface area contributed by atoms with Gasteiger partial charge in [0, 0.05) is 30.6 Å². The molecule has 0 amide bonds. The van der Waals surface area contributed by atoms with Crippen molar-refractivity contribution in [1.29, 1.82) is 0 Å². The van der Waals surface area contributed by atoms with E-state index >= 15 is 0 Å². The van der Waals surface area contributed by atoms with Gasteiger partial charge in [-0.25, -0.2) is 29.7 Å². The number of carbonyl (C=O) groups is 1. The minimum Gasteiger partial charge on any atom is -0.493 e. The molecule has 0 fully saturated rings. The molecular weight excluding hydrogens is 975 g/mol. The van der Waals surface area contributed by atoms with Crippen molar-refractivity contribution in [3.8, 4) is 5.75 Å². The average Bonchev–Trinajstić information content (AvgIpc) is 4.27. The number of rotatable bonds is 1. The van der Waals surface area contributed by atoms with Gasteiger partial charge in [-0.05, 0) is 148 Å². The number of aryl methyl sites for hydroxylation is 8. The summed E-state index contributed by atoms with van der Waals surface area (Å²) in [5.41, 5.74) is 23.0. The first kappa shape index (κ1) is 52.9. The van der Waals surface area contributed by atoms with Gasteiger partial charge in [-0.2, -0.15) is 0 Å². The molecule has 13 aromatic rings. The molecule has 1 aliphatic heterocycles. The molecule has 14 rings (SSSR count). The summed E-state index contributed by atoms with van der Waals surface area (Å²) in [5, 5.41) is 1.32. The quantitative estimate of drug-likeness (QED) is 0.158. The number of H-pyrrole nitrogens is 1. The van der Waals surface area contributed by atoms with Crippen molar-refractivity contribution >= 4 is 93.2 Å². The van der Waals surface area contributed by atoms with E-state index in [4.69, 9.17) is 13.6 Å². The monoisotopic (exact) mass is 1030 g/mol. The van der Waals surface area contributed by atoms with Crippen LogP contribution in [0.5, 0.6) is 5.75 Å². The topological polar surface area (TPSA) is 147 Å². The Kier molecular flexibility index (Phi) is 17.6. The minimum absolute atomic E-state index is 0.363. The van der Waals surface area contributed by atoms with Crippen LogP contribution in [0.25, 0.3) is 64.6 Å². The fourth-order valence-electron chi connectivity index (χ4n) is 8.32. The Morgan fingerprint density at radius 1 is 0.613 bits per heavy atom. The number of ether oxygens (including phenoxy) is 2. The van der Waals surface area contributed by atoms with Crippen LogP contribution in [0, 0.1) is 48.5 Å². The van der Waals surface area contributed by atoms with Crippen molar-refractivity contribution in [2.45, 2.75) is 54.9 Å². The number of methoxy groups -OCH3 is 1. The molecule has 0 saturated heterocycles. The number of hydrogen-bond donors (Lipinski definition) is 1. The number of aromatic amines is 1. The number of oxazole rings is 2. The second kappa shape index (κ2) is 25.0. The van der Waals surface area contributed by atoms with Crippen LogP contribution in [-0.2, 0) is 18.2 Å². The number of thiazole rings is 2. The molecule has 0 radical (unpaired) electrons. The van der Waals surface area contributed by atoms with E-state index < -0.39 is 0 Å². The zero-order valence-corrected chi connectivity index (χ0v) is 45.2. The highest BCUT2D eigenvalue weighted by atomic mass is 32.1. The molecule has 380 valence electrons. The zero-order chi connectivity index (χ0) is 52.8. The van der Waals surface area contributed by atoms with Crippen LogP contribution in [-0.4, -0.2) is 54.2 Å². The van der Waals surface area contributed by atoms with Gasteiger partial charge in [-0.15, -0.1) is 22.7 Å². The molecule has 7 heterocycles. The molecule has 0 saturated carbocycles. The van der Waals surface area contributed by atoms with E-state index in [0.29, 0.717) is 16.7 Å². The van der Waals surface area contributed by atoms with Gasteiger partial charge in [0.2, 0.25) is 0 Å². The number of aromatic nitrogens is 7. The van der Waals surface area contributed by atoms with Gasteiger partial charge in [0.1, 0.15) is 16.8 Å². The molecule has 7 aromatic carbocycles. The third-order valence-corrected chi connectivity index (χ3v) is 14.1. The Bertz CT molecular complexity index is 3680. The van der Waals surface area contributed by atoms with Crippen molar-refractivity contribution < 1.29 is 23.1 Å². The smallest absolute Gasteiger partial charge is 0.337 e. The minimum atomic E-state index is -0.363. The van der Waals surface area contributed by atoms with Crippen molar-refractivity contribution in [3.05, 3.63) is 214 Å². The molecule has 0 bridgehead atoms. The van der Waals surface area contributed by atoms with Gasteiger partial charge in [0.05, 0.1) is 68.1 Å². The lowest BCUT2D eigenvalue weighted by Gasteiger charge is -2.00. The molecular formula is C61H59N7O5S2. The molecule has 14 heteroatoms. The number of carbonyl (C=O) groups excluding carboxylic acids is 1. The first-order chi connectivity index (χ1) is 36.4. The fraction of sp³-hybridized carbons (Fsp3) is 0.180. The number of fused-ring (bicyclic) bond motifs is 7. The summed E-state index contributed by atoms with van der Waals surface area (Å²) in [4.78, 5) is 35.1. The lowest BCUT2D eigenvalue weighted by atomic mass is 10.1. The van der Waals surface area contributed by atoms with E-state index in [1.807, 2.05) is 85.4 Å². The predicted octanol–water partition coefficient (Wildman–Crippen LogP) is 15.6. The number of para-hydroxylation sites is 3. The normalized spacial score (nSPS) is 11.1. The van der Waals surface area contributed by atoms with Crippen LogP contribution in [0.3, 0.4) is 0 Å². The third kappa shape index (κ3) is 13.2. The van der Waals surface area contributed by atoms with Crippen LogP contribution in [0.2, 0.25) is 0 Å². The van der Waals surface area contributed by atoms with Crippen molar-refractivity contribution in [1.82, 2.24) is 34.5 Å². The molecule has 75 heavy (non-hydrogen) atoms. The lowest BCUT2D eigenvalue weighted by Crippen LogP contribution is -2.01. The maximum Gasteiger partial charge on any atom is 0.337 e. The van der Waals surface area contributed by atoms with Crippen molar-refractivity contribution in [2.75, 3.05) is 13.7 Å². The van der Waals surface area contributed by atoms with Crippen LogP contribution in [0.4, 0.5) is 0 Å². The average molecular weight is 1030 g/mol. The van der Waals surface area contributed by atoms with E-state index in [0.717, 1.165) is 57.6 Å². The summed E-state index contributed by atoms with van der Waals surface area (Å²) in [7, 11) is 3.36. The van der Waals surface area contributed by atoms with Crippen LogP contribution in [0.15, 0.2) is 173 Å². The van der Waals surface area contributed by atoms with E-state index in [1.165, 1.54) is 79.1 Å². The SMILES string of the molecule is COC(=O)c1cc(C)c2ocnc2c1.Cc1ccc2ncn(C)c2c1.Cc1cccc2[nH]ccc12.Cc1cccc2c1OCC2.Cc1cccc2ncoc12.Cc1cccc2ncsc12.Cc1cccc2scnc12. The Morgan fingerprint density at radius 3 is 2.04 bits per heavy atom. The first-order valence-electron chi connectivity index (χ1n) is 24.3. The summed E-state index contributed by atoms with van der Waals surface area (Å²) in [5.74, 6) is 0.750. The number of benzene rings is 7. The molecule has 0 spiro atoms. The second-order valence-electron chi connectivity index (χ2n) is 17.8. The fourth-order valence-corrected chi connectivity index (χ4v) is 9.84. The number of nitrogens with zero attached hydrogens (tertiary/aromatic N) is 6.